The van der Waals surface area contributed by atoms with Gasteiger partial charge in [0.1, 0.15) is 5.69 Å². The summed E-state index contributed by atoms with van der Waals surface area (Å²) in [4.78, 5) is 0. The van der Waals surface area contributed by atoms with E-state index in [1.54, 1.807) is 7.11 Å². The Balaban J connectivity index is 2.09. The monoisotopic (exact) mass is 291 g/mol. The minimum atomic E-state index is 0.0281. The molecule has 1 atom stereocenters. The maximum atomic E-state index is 5.79. The SMILES string of the molecule is COC1Cc2ccccc2-c2nnn(C)c2-c2ccccc21. The van der Waals surface area contributed by atoms with Crippen molar-refractivity contribution < 1.29 is 4.74 Å². The van der Waals surface area contributed by atoms with Crippen molar-refractivity contribution in [1.82, 2.24) is 15.0 Å². The van der Waals surface area contributed by atoms with Crippen LogP contribution in [0.1, 0.15) is 17.2 Å². The average Bonchev–Trinajstić information content (AvgIpc) is 2.92. The number of hydrogen-bond donors (Lipinski definition) is 0. The summed E-state index contributed by atoms with van der Waals surface area (Å²) in [6.45, 7) is 0. The third-order valence-corrected chi connectivity index (χ3v) is 4.35. The van der Waals surface area contributed by atoms with Gasteiger partial charge in [-0.25, -0.2) is 4.68 Å². The van der Waals surface area contributed by atoms with Crippen molar-refractivity contribution in [2.45, 2.75) is 12.5 Å². The van der Waals surface area contributed by atoms with E-state index >= 15 is 0 Å². The molecule has 0 N–H and O–H groups in total. The van der Waals surface area contributed by atoms with Gasteiger partial charge in [-0.2, -0.15) is 0 Å². The molecule has 110 valence electrons. The van der Waals surface area contributed by atoms with Gasteiger partial charge in [-0.3, -0.25) is 0 Å². The molecule has 1 aliphatic rings. The molecule has 0 amide bonds. The van der Waals surface area contributed by atoms with Gasteiger partial charge < -0.3 is 4.74 Å². The fraction of sp³-hybridized carbons (Fsp3) is 0.222. The Morgan fingerprint density at radius 3 is 2.59 bits per heavy atom. The highest BCUT2D eigenvalue weighted by Crippen LogP contribution is 2.40. The van der Waals surface area contributed by atoms with Crippen LogP contribution in [0.5, 0.6) is 0 Å². The van der Waals surface area contributed by atoms with Crippen LogP contribution in [-0.4, -0.2) is 22.1 Å². The number of ether oxygens (including phenoxy) is 1. The van der Waals surface area contributed by atoms with Gasteiger partial charge in [0.2, 0.25) is 0 Å². The number of methoxy groups -OCH3 is 1. The van der Waals surface area contributed by atoms with Gasteiger partial charge >= 0.3 is 0 Å². The van der Waals surface area contributed by atoms with Crippen LogP contribution in [0.25, 0.3) is 22.5 Å². The Hall–Kier alpha value is -2.46. The van der Waals surface area contributed by atoms with Crippen LogP contribution < -0.4 is 0 Å². The lowest BCUT2D eigenvalue weighted by molar-refractivity contribution is 0.104. The van der Waals surface area contributed by atoms with Gasteiger partial charge in [0, 0.05) is 31.7 Å². The van der Waals surface area contributed by atoms with Gasteiger partial charge in [0.05, 0.1) is 11.8 Å². The summed E-state index contributed by atoms with van der Waals surface area (Å²) in [5.74, 6) is 0. The number of nitrogens with zero attached hydrogens (tertiary/aromatic N) is 3. The molecule has 0 fully saturated rings. The second-order valence-electron chi connectivity index (χ2n) is 5.58. The molecule has 0 saturated heterocycles. The first-order valence-corrected chi connectivity index (χ1v) is 7.39. The van der Waals surface area contributed by atoms with Crippen molar-refractivity contribution in [1.29, 1.82) is 0 Å². The predicted octanol–water partition coefficient (Wildman–Crippen LogP) is 3.39. The molecular formula is C18H17N3O. The highest BCUT2D eigenvalue weighted by atomic mass is 16.5. The summed E-state index contributed by atoms with van der Waals surface area (Å²) in [5, 5.41) is 8.68. The van der Waals surface area contributed by atoms with Crippen LogP contribution in [0.3, 0.4) is 0 Å². The number of rotatable bonds is 1. The molecule has 1 heterocycles. The van der Waals surface area contributed by atoms with Crippen molar-refractivity contribution in [2.75, 3.05) is 7.11 Å². The Morgan fingerprint density at radius 1 is 1.05 bits per heavy atom. The van der Waals surface area contributed by atoms with E-state index < -0.39 is 0 Å². The average molecular weight is 291 g/mol. The van der Waals surface area contributed by atoms with Crippen LogP contribution in [0.4, 0.5) is 0 Å². The van der Waals surface area contributed by atoms with Crippen LogP contribution in [0.2, 0.25) is 0 Å². The summed E-state index contributed by atoms with van der Waals surface area (Å²) in [6.07, 6.45) is 0.861. The summed E-state index contributed by atoms with van der Waals surface area (Å²) < 4.78 is 7.64. The molecule has 4 nitrogen and oxygen atoms in total. The van der Waals surface area contributed by atoms with E-state index in [1.807, 2.05) is 17.8 Å². The molecule has 1 unspecified atom stereocenters. The highest BCUT2D eigenvalue weighted by Gasteiger charge is 2.26. The Labute approximate surface area is 129 Å². The fourth-order valence-corrected chi connectivity index (χ4v) is 3.28. The molecule has 0 aliphatic heterocycles. The minimum Gasteiger partial charge on any atom is -0.376 e. The van der Waals surface area contributed by atoms with Crippen molar-refractivity contribution in [2.24, 2.45) is 7.05 Å². The van der Waals surface area contributed by atoms with Crippen LogP contribution in [-0.2, 0) is 18.2 Å². The number of aromatic nitrogens is 3. The van der Waals surface area contributed by atoms with Crippen molar-refractivity contribution >= 4 is 0 Å². The van der Waals surface area contributed by atoms with E-state index in [0.717, 1.165) is 28.9 Å². The smallest absolute Gasteiger partial charge is 0.121 e. The summed E-state index contributed by atoms with van der Waals surface area (Å²) >= 11 is 0. The molecule has 3 aromatic rings. The second-order valence-corrected chi connectivity index (χ2v) is 5.58. The number of fused-ring (bicyclic) bond motifs is 5. The summed E-state index contributed by atoms with van der Waals surface area (Å²) in [7, 11) is 3.71. The van der Waals surface area contributed by atoms with E-state index in [2.05, 4.69) is 52.8 Å². The lowest BCUT2D eigenvalue weighted by atomic mass is 9.87. The lowest BCUT2D eigenvalue weighted by Gasteiger charge is -2.23. The Bertz CT molecular complexity index is 838. The zero-order chi connectivity index (χ0) is 15.1. The maximum Gasteiger partial charge on any atom is 0.121 e. The van der Waals surface area contributed by atoms with Crippen LogP contribution in [0.15, 0.2) is 48.5 Å². The lowest BCUT2D eigenvalue weighted by Crippen LogP contribution is -2.11. The normalized spacial score (nSPS) is 16.2. The first-order chi connectivity index (χ1) is 10.8. The van der Waals surface area contributed by atoms with Gasteiger partial charge in [0.25, 0.3) is 0 Å². The van der Waals surface area contributed by atoms with Crippen LogP contribution in [0, 0.1) is 0 Å². The quantitative estimate of drug-likeness (QED) is 0.690. The standard InChI is InChI=1S/C18H17N3O/c1-21-18-15-10-6-5-9-14(15)16(22-2)11-12-7-3-4-8-13(12)17(18)19-20-21/h3-10,16H,11H2,1-2H3. The van der Waals surface area contributed by atoms with Gasteiger partial charge in [-0.05, 0) is 11.1 Å². The molecule has 0 bridgehead atoms. The summed E-state index contributed by atoms with van der Waals surface area (Å²) in [6, 6.07) is 16.7. The molecule has 4 rings (SSSR count). The zero-order valence-corrected chi connectivity index (χ0v) is 12.7. The molecule has 0 spiro atoms. The number of aryl methyl sites for hydroxylation is 1. The maximum absolute atomic E-state index is 5.79. The largest absolute Gasteiger partial charge is 0.376 e. The molecule has 2 aromatic carbocycles. The van der Waals surface area contributed by atoms with E-state index in [1.165, 1.54) is 11.1 Å². The fourth-order valence-electron chi connectivity index (χ4n) is 3.28. The van der Waals surface area contributed by atoms with Crippen molar-refractivity contribution in [3.05, 3.63) is 59.7 Å². The minimum absolute atomic E-state index is 0.0281. The highest BCUT2D eigenvalue weighted by molar-refractivity contribution is 5.82. The van der Waals surface area contributed by atoms with Gasteiger partial charge in [0.15, 0.2) is 0 Å². The van der Waals surface area contributed by atoms with E-state index in [4.69, 9.17) is 4.74 Å². The molecule has 4 heteroatoms. The van der Waals surface area contributed by atoms with E-state index in [-0.39, 0.29) is 6.10 Å². The molecule has 1 aliphatic carbocycles. The number of benzene rings is 2. The third-order valence-electron chi connectivity index (χ3n) is 4.35. The summed E-state index contributed by atoms with van der Waals surface area (Å²) in [5.41, 5.74) is 6.70. The second kappa shape index (κ2) is 5.07. The Kier molecular flexibility index (Phi) is 3.05. The third kappa shape index (κ3) is 1.88. The first kappa shape index (κ1) is 13.2. The van der Waals surface area contributed by atoms with E-state index in [0.29, 0.717) is 0 Å². The molecule has 1 aromatic heterocycles. The van der Waals surface area contributed by atoms with Crippen LogP contribution >= 0.6 is 0 Å². The van der Waals surface area contributed by atoms with Gasteiger partial charge in [-0.1, -0.05) is 53.7 Å². The van der Waals surface area contributed by atoms with Gasteiger partial charge in [-0.15, -0.1) is 5.10 Å². The number of hydrogen-bond acceptors (Lipinski definition) is 3. The molecular weight excluding hydrogens is 274 g/mol. The molecule has 22 heavy (non-hydrogen) atoms. The predicted molar refractivity (Wildman–Crippen MR) is 85.3 cm³/mol. The zero-order valence-electron chi connectivity index (χ0n) is 12.7. The Morgan fingerprint density at radius 2 is 1.77 bits per heavy atom. The van der Waals surface area contributed by atoms with Crippen molar-refractivity contribution in [3.63, 3.8) is 0 Å². The topological polar surface area (TPSA) is 39.9 Å². The molecule has 0 saturated carbocycles. The first-order valence-electron chi connectivity index (χ1n) is 7.39. The van der Waals surface area contributed by atoms with Crippen molar-refractivity contribution in [3.8, 4) is 22.5 Å². The van der Waals surface area contributed by atoms with E-state index in [9.17, 15) is 0 Å². The molecule has 0 radical (unpaired) electrons.